The maximum atomic E-state index is 14.5. The lowest BCUT2D eigenvalue weighted by Crippen LogP contribution is -2.34. The van der Waals surface area contributed by atoms with Crippen molar-refractivity contribution in [1.29, 1.82) is 0 Å². The third-order valence-electron chi connectivity index (χ3n) is 4.43. The van der Waals surface area contributed by atoms with Crippen molar-refractivity contribution in [3.05, 3.63) is 69.8 Å². The van der Waals surface area contributed by atoms with Crippen LogP contribution in [0.15, 0.2) is 64.6 Å². The van der Waals surface area contributed by atoms with Crippen LogP contribution < -0.4 is 16.0 Å². The molecule has 3 rings (SSSR count). The summed E-state index contributed by atoms with van der Waals surface area (Å²) >= 11 is 3.23. The van der Waals surface area contributed by atoms with Gasteiger partial charge in [0, 0.05) is 38.7 Å². The summed E-state index contributed by atoms with van der Waals surface area (Å²) in [6.45, 7) is 0.732. The van der Waals surface area contributed by atoms with E-state index in [1.807, 2.05) is 28.7 Å². The van der Waals surface area contributed by atoms with Crippen LogP contribution in [0.2, 0.25) is 0 Å². The molecule has 0 saturated heterocycles. The van der Waals surface area contributed by atoms with Gasteiger partial charge in [0.15, 0.2) is 0 Å². The summed E-state index contributed by atoms with van der Waals surface area (Å²) in [6, 6.07) is 11.7. The Morgan fingerprint density at radius 1 is 1.18 bits per heavy atom. The Balaban J connectivity index is 1.98. The molecule has 8 nitrogen and oxygen atoms in total. The Kier molecular flexibility index (Phi) is 9.21. The number of nitrogens with one attached hydrogen (secondary N) is 3. The highest BCUT2D eigenvalue weighted by Crippen LogP contribution is 2.35. The maximum absolute atomic E-state index is 14.5. The smallest absolute Gasteiger partial charge is 0.254 e. The van der Waals surface area contributed by atoms with Gasteiger partial charge in [-0.05, 0) is 59.0 Å². The van der Waals surface area contributed by atoms with Gasteiger partial charge in [0.25, 0.3) is 5.91 Å². The predicted molar refractivity (Wildman–Crippen MR) is 137 cm³/mol. The molecule has 5 N–H and O–H groups in total. The molecule has 0 aliphatic carbocycles. The third kappa shape index (κ3) is 7.13. The second-order valence-corrected chi connectivity index (χ2v) is 9.53. The molecule has 0 bridgehead atoms. The first-order chi connectivity index (χ1) is 16.3. The minimum absolute atomic E-state index is 0.168. The average molecular weight is 596 g/mol. The number of halogens is 2. The Morgan fingerprint density at radius 3 is 2.68 bits per heavy atom. The molecule has 0 aliphatic heterocycles. The zero-order valence-electron chi connectivity index (χ0n) is 18.0. The molecule has 34 heavy (non-hydrogen) atoms. The molecule has 0 fully saturated rings. The van der Waals surface area contributed by atoms with Gasteiger partial charge in [0.05, 0.1) is 35.8 Å². The number of carbonyl (C=O) groups is 2. The first-order valence-electron chi connectivity index (χ1n) is 10.1. The molecular formula is C23H22FIN4O4S. The maximum Gasteiger partial charge on any atom is 0.254 e. The van der Waals surface area contributed by atoms with Crippen LogP contribution in [0.1, 0.15) is 17.3 Å². The lowest BCUT2D eigenvalue weighted by molar-refractivity contribution is -0.114. The Morgan fingerprint density at radius 2 is 1.97 bits per heavy atom. The van der Waals surface area contributed by atoms with Gasteiger partial charge in [-0.25, -0.2) is 4.39 Å². The normalized spacial score (nSPS) is 11.6. The molecule has 2 aromatic carbocycles. The van der Waals surface area contributed by atoms with Crippen molar-refractivity contribution in [1.82, 2.24) is 10.3 Å². The van der Waals surface area contributed by atoms with Crippen LogP contribution in [-0.4, -0.2) is 46.3 Å². The van der Waals surface area contributed by atoms with Gasteiger partial charge in [0.2, 0.25) is 5.91 Å². The lowest BCUT2D eigenvalue weighted by atomic mass is 10.2. The number of aromatic nitrogens is 1. The predicted octanol–water partition coefficient (Wildman–Crippen LogP) is 3.76. The number of nitrogens with zero attached hydrogens (tertiary/aromatic N) is 1. The number of hydrogen-bond acceptors (Lipinski definition) is 7. The Labute approximate surface area is 213 Å². The third-order valence-corrected chi connectivity index (χ3v) is 6.12. The van der Waals surface area contributed by atoms with Crippen molar-refractivity contribution < 1.29 is 24.2 Å². The number of hydrogen-bond donors (Lipinski definition) is 5. The molecule has 0 saturated carbocycles. The fraction of sp³-hybridized carbons (Fsp3) is 0.174. The summed E-state index contributed by atoms with van der Waals surface area (Å²) in [4.78, 5) is 29.9. The largest absolute Gasteiger partial charge is 0.394 e. The van der Waals surface area contributed by atoms with Gasteiger partial charge in [-0.2, -0.15) is 0 Å². The van der Waals surface area contributed by atoms with Crippen molar-refractivity contribution in [3.63, 3.8) is 0 Å². The van der Waals surface area contributed by atoms with Crippen LogP contribution in [0, 0.1) is 9.39 Å². The van der Waals surface area contributed by atoms with Crippen molar-refractivity contribution >= 4 is 63.2 Å². The van der Waals surface area contributed by atoms with E-state index in [4.69, 9.17) is 5.11 Å². The fourth-order valence-corrected chi connectivity index (χ4v) is 4.37. The molecular weight excluding hydrogens is 574 g/mol. The number of amides is 2. The average Bonchev–Trinajstić information content (AvgIpc) is 2.79. The molecule has 1 atom stereocenters. The first kappa shape index (κ1) is 25.9. The van der Waals surface area contributed by atoms with E-state index in [1.165, 1.54) is 37.1 Å². The molecule has 11 heteroatoms. The number of aliphatic hydroxyl groups excluding tert-OH is 2. The zero-order valence-corrected chi connectivity index (χ0v) is 21.0. The molecule has 1 heterocycles. The first-order valence-corrected chi connectivity index (χ1v) is 12.0. The number of aliphatic hydroxyl groups is 2. The van der Waals surface area contributed by atoms with Crippen molar-refractivity contribution in [2.45, 2.75) is 22.8 Å². The van der Waals surface area contributed by atoms with Gasteiger partial charge in [-0.1, -0.05) is 17.8 Å². The monoisotopic (exact) mass is 596 g/mol. The van der Waals surface area contributed by atoms with E-state index in [2.05, 4.69) is 20.9 Å². The quantitative estimate of drug-likeness (QED) is 0.239. The fourth-order valence-electron chi connectivity index (χ4n) is 2.91. The van der Waals surface area contributed by atoms with Crippen LogP contribution in [0.25, 0.3) is 0 Å². The highest BCUT2D eigenvalue weighted by molar-refractivity contribution is 14.1. The second-order valence-electron chi connectivity index (χ2n) is 7.17. The van der Waals surface area contributed by atoms with Crippen molar-refractivity contribution in [3.8, 4) is 0 Å². The van der Waals surface area contributed by atoms with Crippen LogP contribution in [0.5, 0.6) is 0 Å². The Bertz CT molecular complexity index is 1200. The van der Waals surface area contributed by atoms with E-state index >= 15 is 0 Å². The molecule has 2 amide bonds. The van der Waals surface area contributed by atoms with Crippen LogP contribution >= 0.6 is 34.4 Å². The number of rotatable bonds is 9. The molecule has 0 spiro atoms. The van der Waals surface area contributed by atoms with Gasteiger partial charge in [-0.3, -0.25) is 14.6 Å². The van der Waals surface area contributed by atoms with E-state index < -0.39 is 24.4 Å². The molecule has 1 aromatic heterocycles. The summed E-state index contributed by atoms with van der Waals surface area (Å²) in [5.74, 6) is -1.24. The van der Waals surface area contributed by atoms with Crippen molar-refractivity contribution in [2.24, 2.45) is 0 Å². The van der Waals surface area contributed by atoms with Gasteiger partial charge in [-0.15, -0.1) is 0 Å². The van der Waals surface area contributed by atoms with Crippen LogP contribution in [0.3, 0.4) is 0 Å². The van der Waals surface area contributed by atoms with E-state index in [9.17, 15) is 19.1 Å². The molecule has 0 aliphatic rings. The van der Waals surface area contributed by atoms with E-state index in [0.717, 1.165) is 8.47 Å². The number of benzene rings is 2. The number of anilines is 3. The Hall–Kier alpha value is -2.74. The molecule has 0 radical (unpaired) electrons. The standard InChI is InChI=1S/C23H22FIN4O4S/c1-13(31)28-15-3-2-4-17(8-15)34-21-11-26-10-20(22(21)23(33)27-9-16(32)12-30)29-19-6-5-14(25)7-18(19)24/h2-8,10-11,16,29-30,32H,9,12H2,1H3,(H,27,33)(H,28,31)/t16-/m0/s1. The summed E-state index contributed by atoms with van der Waals surface area (Å²) < 4.78 is 15.2. The van der Waals surface area contributed by atoms with Gasteiger partial charge in [0.1, 0.15) is 5.82 Å². The molecule has 0 unspecified atom stereocenters. The minimum atomic E-state index is -1.12. The lowest BCUT2D eigenvalue weighted by Gasteiger charge is -2.17. The highest BCUT2D eigenvalue weighted by Gasteiger charge is 2.20. The van der Waals surface area contributed by atoms with Crippen LogP contribution in [0.4, 0.5) is 21.5 Å². The topological polar surface area (TPSA) is 124 Å². The highest BCUT2D eigenvalue weighted by atomic mass is 127. The summed E-state index contributed by atoms with van der Waals surface area (Å²) in [7, 11) is 0. The summed E-state index contributed by atoms with van der Waals surface area (Å²) in [5.41, 5.74) is 1.21. The van der Waals surface area contributed by atoms with E-state index in [0.29, 0.717) is 10.6 Å². The zero-order chi connectivity index (χ0) is 24.7. The number of pyridine rings is 1. The SMILES string of the molecule is CC(=O)Nc1cccc(Sc2cncc(Nc3ccc(I)cc3F)c2C(=O)NC[C@H](O)CO)c1. The molecule has 3 aromatic rings. The van der Waals surface area contributed by atoms with Gasteiger partial charge >= 0.3 is 0 Å². The second kappa shape index (κ2) is 12.1. The summed E-state index contributed by atoms with van der Waals surface area (Å²) in [5, 5.41) is 26.9. The number of carbonyl (C=O) groups excluding carboxylic acids is 2. The van der Waals surface area contributed by atoms with E-state index in [1.54, 1.807) is 30.3 Å². The molecule has 178 valence electrons. The summed E-state index contributed by atoms with van der Waals surface area (Å²) in [6.07, 6.45) is 1.79. The minimum Gasteiger partial charge on any atom is -0.394 e. The van der Waals surface area contributed by atoms with Gasteiger partial charge < -0.3 is 26.2 Å². The van der Waals surface area contributed by atoms with Crippen LogP contribution in [-0.2, 0) is 4.79 Å². The van der Waals surface area contributed by atoms with Crippen molar-refractivity contribution in [2.75, 3.05) is 23.8 Å². The van der Waals surface area contributed by atoms with E-state index in [-0.39, 0.29) is 29.4 Å².